The Labute approximate surface area is 81.3 Å². The highest BCUT2D eigenvalue weighted by atomic mass is 32.2. The number of H-pyrrole nitrogens is 2. The van der Waals surface area contributed by atoms with Crippen LogP contribution in [0.4, 0.5) is 5.82 Å². The van der Waals surface area contributed by atoms with E-state index in [9.17, 15) is 14.4 Å². The predicted molar refractivity (Wildman–Crippen MR) is 50.5 cm³/mol. The molecule has 0 bridgehead atoms. The summed E-state index contributed by atoms with van der Waals surface area (Å²) in [5.41, 5.74) is 3.92. The average molecular weight is 217 g/mol. The molecule has 0 fully saturated rings. The average Bonchev–Trinajstić information content (AvgIpc) is 2.01. The van der Waals surface area contributed by atoms with Crippen LogP contribution >= 0.6 is 11.8 Å². The number of aliphatic carboxylic acids is 1. The van der Waals surface area contributed by atoms with Gasteiger partial charge in [0.2, 0.25) is 0 Å². The van der Waals surface area contributed by atoms with Crippen molar-refractivity contribution >= 4 is 23.5 Å². The maximum atomic E-state index is 11.1. The van der Waals surface area contributed by atoms with Gasteiger partial charge in [0.15, 0.2) is 0 Å². The van der Waals surface area contributed by atoms with Crippen LogP contribution in [0.5, 0.6) is 0 Å². The maximum absolute atomic E-state index is 11.1. The normalized spacial score (nSPS) is 10.0. The van der Waals surface area contributed by atoms with Crippen LogP contribution in [0, 0.1) is 0 Å². The number of carboxylic acid groups (broad SMARTS) is 1. The number of carbonyl (C=O) groups is 1. The summed E-state index contributed by atoms with van der Waals surface area (Å²) in [6.45, 7) is 0. The topological polar surface area (TPSA) is 129 Å². The van der Waals surface area contributed by atoms with Crippen molar-refractivity contribution in [3.05, 3.63) is 20.8 Å². The molecule has 1 aromatic heterocycles. The lowest BCUT2D eigenvalue weighted by Crippen LogP contribution is -2.25. The van der Waals surface area contributed by atoms with Crippen molar-refractivity contribution in [2.24, 2.45) is 0 Å². The van der Waals surface area contributed by atoms with E-state index in [-0.39, 0.29) is 16.5 Å². The van der Waals surface area contributed by atoms with E-state index in [2.05, 4.69) is 4.98 Å². The molecular weight excluding hydrogens is 210 g/mol. The third kappa shape index (κ3) is 2.39. The summed E-state index contributed by atoms with van der Waals surface area (Å²) in [5.74, 6) is -1.48. The van der Waals surface area contributed by atoms with Crippen molar-refractivity contribution < 1.29 is 9.90 Å². The van der Waals surface area contributed by atoms with Crippen molar-refractivity contribution in [1.82, 2.24) is 9.97 Å². The third-order valence-electron chi connectivity index (χ3n) is 1.27. The quantitative estimate of drug-likeness (QED) is 0.472. The maximum Gasteiger partial charge on any atom is 0.327 e. The highest BCUT2D eigenvalue weighted by Gasteiger charge is 2.08. The molecular formula is C6H7N3O4S. The summed E-state index contributed by atoms with van der Waals surface area (Å²) in [6.07, 6.45) is 0. The molecule has 1 rings (SSSR count). The first-order chi connectivity index (χ1) is 6.50. The number of hydrogen-bond donors (Lipinski definition) is 4. The van der Waals surface area contributed by atoms with Crippen LogP contribution in [0.25, 0.3) is 0 Å². The first-order valence-electron chi connectivity index (χ1n) is 3.47. The molecule has 0 radical (unpaired) electrons. The van der Waals surface area contributed by atoms with Gasteiger partial charge < -0.3 is 10.8 Å². The monoisotopic (exact) mass is 217 g/mol. The second-order valence-corrected chi connectivity index (χ2v) is 3.32. The highest BCUT2D eigenvalue weighted by molar-refractivity contribution is 8.00. The molecule has 0 spiro atoms. The zero-order chi connectivity index (χ0) is 10.7. The fourth-order valence-electron chi connectivity index (χ4n) is 0.770. The standard InChI is InChI=1S/C6H7N3O4S/c7-4-3(14-1-2(10)11)5(12)9-6(13)8-4/h1H2,(H,10,11)(H4,7,8,9,12,13). The van der Waals surface area contributed by atoms with Crippen molar-refractivity contribution in [3.63, 3.8) is 0 Å². The molecule has 0 aliphatic rings. The molecule has 0 saturated carbocycles. The Hall–Kier alpha value is -1.70. The Bertz CT molecular complexity index is 463. The second-order valence-electron chi connectivity index (χ2n) is 2.33. The van der Waals surface area contributed by atoms with Crippen LogP contribution in [-0.4, -0.2) is 26.8 Å². The molecule has 0 aliphatic carbocycles. The van der Waals surface area contributed by atoms with Gasteiger partial charge in [0, 0.05) is 0 Å². The summed E-state index contributed by atoms with van der Waals surface area (Å²) >= 11 is 0.752. The third-order valence-corrected chi connectivity index (χ3v) is 2.35. The van der Waals surface area contributed by atoms with Crippen LogP contribution in [0.3, 0.4) is 0 Å². The molecule has 0 aromatic carbocycles. The number of nitrogen functional groups attached to an aromatic ring is 1. The molecule has 7 nitrogen and oxygen atoms in total. The Kier molecular flexibility index (Phi) is 2.97. The van der Waals surface area contributed by atoms with E-state index < -0.39 is 17.2 Å². The van der Waals surface area contributed by atoms with Crippen LogP contribution in [-0.2, 0) is 4.79 Å². The summed E-state index contributed by atoms with van der Waals surface area (Å²) in [6, 6.07) is 0. The zero-order valence-electron chi connectivity index (χ0n) is 6.86. The minimum Gasteiger partial charge on any atom is -0.481 e. The van der Waals surface area contributed by atoms with Gasteiger partial charge in [-0.25, -0.2) is 4.79 Å². The number of carboxylic acids is 1. The molecule has 0 amide bonds. The van der Waals surface area contributed by atoms with E-state index in [4.69, 9.17) is 10.8 Å². The van der Waals surface area contributed by atoms with Crippen molar-refractivity contribution in [2.45, 2.75) is 4.90 Å². The predicted octanol–water partition coefficient (Wildman–Crippen LogP) is -1.18. The van der Waals surface area contributed by atoms with Crippen molar-refractivity contribution in [3.8, 4) is 0 Å². The van der Waals surface area contributed by atoms with E-state index in [1.54, 1.807) is 0 Å². The van der Waals surface area contributed by atoms with Gasteiger partial charge in [0.1, 0.15) is 10.7 Å². The summed E-state index contributed by atoms with van der Waals surface area (Å²) in [5, 5.41) is 8.37. The lowest BCUT2D eigenvalue weighted by molar-refractivity contribution is -0.133. The highest BCUT2D eigenvalue weighted by Crippen LogP contribution is 2.16. The van der Waals surface area contributed by atoms with E-state index in [1.165, 1.54) is 0 Å². The molecule has 0 atom stereocenters. The second kappa shape index (κ2) is 4.01. The number of anilines is 1. The minimum atomic E-state index is -1.07. The fourth-order valence-corrected chi connectivity index (χ4v) is 1.43. The molecule has 0 saturated heterocycles. The number of aromatic amines is 2. The Morgan fingerprint density at radius 3 is 2.57 bits per heavy atom. The molecule has 8 heteroatoms. The van der Waals surface area contributed by atoms with E-state index in [0.29, 0.717) is 0 Å². The number of hydrogen-bond acceptors (Lipinski definition) is 5. The summed E-state index contributed by atoms with van der Waals surface area (Å²) in [4.78, 5) is 36.1. The molecule has 5 N–H and O–H groups in total. The van der Waals surface area contributed by atoms with Gasteiger partial charge in [0.25, 0.3) is 5.56 Å². The van der Waals surface area contributed by atoms with Crippen LogP contribution in [0.15, 0.2) is 14.5 Å². The molecule has 14 heavy (non-hydrogen) atoms. The van der Waals surface area contributed by atoms with Gasteiger partial charge in [-0.3, -0.25) is 19.6 Å². The Morgan fingerprint density at radius 2 is 2.07 bits per heavy atom. The number of nitrogens with one attached hydrogen (secondary N) is 2. The van der Waals surface area contributed by atoms with E-state index in [1.807, 2.05) is 4.98 Å². The largest absolute Gasteiger partial charge is 0.481 e. The zero-order valence-corrected chi connectivity index (χ0v) is 7.68. The van der Waals surface area contributed by atoms with Gasteiger partial charge in [0.05, 0.1) is 5.75 Å². The summed E-state index contributed by atoms with van der Waals surface area (Å²) < 4.78 is 0. The molecule has 0 unspecified atom stereocenters. The van der Waals surface area contributed by atoms with Gasteiger partial charge in [-0.15, -0.1) is 11.8 Å². The SMILES string of the molecule is Nc1[nH]c(=O)[nH]c(=O)c1SCC(=O)O. The number of aromatic nitrogens is 2. The van der Waals surface area contributed by atoms with Crippen LogP contribution < -0.4 is 17.0 Å². The number of rotatable bonds is 3. The van der Waals surface area contributed by atoms with Gasteiger partial charge in [-0.05, 0) is 0 Å². The Morgan fingerprint density at radius 1 is 1.43 bits per heavy atom. The number of nitrogens with two attached hydrogens (primary N) is 1. The molecule has 1 heterocycles. The molecule has 0 aliphatic heterocycles. The molecule has 76 valence electrons. The first kappa shape index (κ1) is 10.4. The van der Waals surface area contributed by atoms with Crippen LogP contribution in [0.2, 0.25) is 0 Å². The number of thioether (sulfide) groups is 1. The van der Waals surface area contributed by atoms with Gasteiger partial charge in [-0.2, -0.15) is 0 Å². The first-order valence-corrected chi connectivity index (χ1v) is 4.46. The molecule has 1 aromatic rings. The van der Waals surface area contributed by atoms with Crippen molar-refractivity contribution in [2.75, 3.05) is 11.5 Å². The minimum absolute atomic E-state index is 0.00648. The van der Waals surface area contributed by atoms with Gasteiger partial charge in [-0.1, -0.05) is 0 Å². The fraction of sp³-hybridized carbons (Fsp3) is 0.167. The van der Waals surface area contributed by atoms with Gasteiger partial charge >= 0.3 is 11.7 Å². The lowest BCUT2D eigenvalue weighted by atomic mass is 10.6. The van der Waals surface area contributed by atoms with E-state index in [0.717, 1.165) is 11.8 Å². The van der Waals surface area contributed by atoms with Crippen LogP contribution in [0.1, 0.15) is 0 Å². The smallest absolute Gasteiger partial charge is 0.327 e. The van der Waals surface area contributed by atoms with E-state index >= 15 is 0 Å². The van der Waals surface area contributed by atoms with Crippen molar-refractivity contribution in [1.29, 1.82) is 0 Å². The Balaban J connectivity index is 3.03. The lowest BCUT2D eigenvalue weighted by Gasteiger charge is -2.00. The summed E-state index contributed by atoms with van der Waals surface area (Å²) in [7, 11) is 0.